The zero-order valence-electron chi connectivity index (χ0n) is 15.4. The molecular formula is C21H20N2O3S2. The van der Waals surface area contributed by atoms with Crippen molar-refractivity contribution in [3.8, 4) is 10.6 Å². The average Bonchev–Trinajstić information content (AvgIpc) is 3.29. The highest BCUT2D eigenvalue weighted by atomic mass is 32.2. The van der Waals surface area contributed by atoms with Crippen LogP contribution in [0.1, 0.15) is 28.8 Å². The van der Waals surface area contributed by atoms with E-state index >= 15 is 0 Å². The molecule has 0 saturated carbocycles. The van der Waals surface area contributed by atoms with Crippen molar-refractivity contribution in [2.24, 2.45) is 0 Å². The molecule has 0 aliphatic heterocycles. The molecule has 0 spiro atoms. The lowest BCUT2D eigenvalue weighted by atomic mass is 10.0. The largest absolute Gasteiger partial charge is 0.274 e. The Kier molecular flexibility index (Phi) is 5.03. The summed E-state index contributed by atoms with van der Waals surface area (Å²) in [5.41, 5.74) is 5.02. The Bertz CT molecular complexity index is 1150. The third-order valence-electron chi connectivity index (χ3n) is 4.79. The number of carbonyl (C=O) groups is 1. The molecule has 0 atom stereocenters. The number of aromatic nitrogens is 1. The minimum Gasteiger partial charge on any atom is -0.274 e. The van der Waals surface area contributed by atoms with Crippen molar-refractivity contribution < 1.29 is 13.2 Å². The fourth-order valence-electron chi connectivity index (χ4n) is 3.45. The first-order valence-electron chi connectivity index (χ1n) is 9.10. The molecule has 0 unspecified atom stereocenters. The maximum absolute atomic E-state index is 12.7. The standard InChI is InChI=1S/C21H20N2O3S2/c1-14-13-27-21(22-14)18-6-3-7-19(12-18)28(25,26)23-20(24)11-15-8-9-16-4-2-5-17(16)10-15/h3,6-10,12-13H,2,4-5,11H2,1H3,(H,23,24). The van der Waals surface area contributed by atoms with Gasteiger partial charge in [-0.15, -0.1) is 11.3 Å². The van der Waals surface area contributed by atoms with Gasteiger partial charge in [0.1, 0.15) is 5.01 Å². The van der Waals surface area contributed by atoms with Gasteiger partial charge in [-0.3, -0.25) is 4.79 Å². The highest BCUT2D eigenvalue weighted by molar-refractivity contribution is 7.90. The predicted octanol–water partition coefficient (Wildman–Crippen LogP) is 3.65. The first kappa shape index (κ1) is 18.8. The molecule has 2 aromatic carbocycles. The van der Waals surface area contributed by atoms with E-state index < -0.39 is 15.9 Å². The van der Waals surface area contributed by atoms with Gasteiger partial charge in [0.05, 0.1) is 11.3 Å². The van der Waals surface area contributed by atoms with Gasteiger partial charge in [-0.25, -0.2) is 18.1 Å². The molecule has 1 heterocycles. The molecule has 144 valence electrons. The first-order chi connectivity index (χ1) is 13.4. The van der Waals surface area contributed by atoms with Gasteiger partial charge in [0, 0.05) is 16.6 Å². The van der Waals surface area contributed by atoms with Crippen LogP contribution < -0.4 is 4.72 Å². The van der Waals surface area contributed by atoms with Gasteiger partial charge in [0.15, 0.2) is 0 Å². The third kappa shape index (κ3) is 4.00. The summed E-state index contributed by atoms with van der Waals surface area (Å²) < 4.78 is 27.5. The zero-order valence-corrected chi connectivity index (χ0v) is 17.1. The smallest absolute Gasteiger partial charge is 0.264 e. The Balaban J connectivity index is 1.50. The molecule has 1 aliphatic carbocycles. The molecule has 1 aliphatic rings. The third-order valence-corrected chi connectivity index (χ3v) is 7.17. The van der Waals surface area contributed by atoms with Crippen LogP contribution in [0.5, 0.6) is 0 Å². The Morgan fingerprint density at radius 3 is 2.75 bits per heavy atom. The fourth-order valence-corrected chi connectivity index (χ4v) is 5.27. The Morgan fingerprint density at radius 1 is 1.14 bits per heavy atom. The molecule has 0 saturated heterocycles. The van der Waals surface area contributed by atoms with E-state index in [1.165, 1.54) is 28.5 Å². The molecule has 0 fully saturated rings. The predicted molar refractivity (Wildman–Crippen MR) is 110 cm³/mol. The van der Waals surface area contributed by atoms with Crippen LogP contribution in [0.25, 0.3) is 10.6 Å². The number of aryl methyl sites for hydroxylation is 3. The monoisotopic (exact) mass is 412 g/mol. The summed E-state index contributed by atoms with van der Waals surface area (Å²) in [5.74, 6) is -0.534. The number of nitrogens with one attached hydrogen (secondary N) is 1. The van der Waals surface area contributed by atoms with Gasteiger partial charge in [-0.2, -0.15) is 0 Å². The SMILES string of the molecule is Cc1csc(-c2cccc(S(=O)(=O)NC(=O)Cc3ccc4c(c3)CCC4)c2)n1. The van der Waals surface area contributed by atoms with Crippen LogP contribution in [0, 0.1) is 6.92 Å². The summed E-state index contributed by atoms with van der Waals surface area (Å²) in [6, 6.07) is 12.5. The molecule has 1 amide bonds. The van der Waals surface area contributed by atoms with E-state index in [1.807, 2.05) is 36.6 Å². The number of benzene rings is 2. The average molecular weight is 413 g/mol. The number of rotatable bonds is 5. The van der Waals surface area contributed by atoms with Crippen LogP contribution in [0.15, 0.2) is 52.7 Å². The molecule has 4 rings (SSSR count). The van der Waals surface area contributed by atoms with Gasteiger partial charge in [0.2, 0.25) is 5.91 Å². The summed E-state index contributed by atoms with van der Waals surface area (Å²) >= 11 is 1.45. The maximum Gasteiger partial charge on any atom is 0.264 e. The number of hydrogen-bond donors (Lipinski definition) is 1. The summed E-state index contributed by atoms with van der Waals surface area (Å²) in [5, 5.41) is 2.66. The number of carbonyl (C=O) groups excluding carboxylic acids is 1. The summed E-state index contributed by atoms with van der Waals surface area (Å²) in [6.07, 6.45) is 3.27. The summed E-state index contributed by atoms with van der Waals surface area (Å²) in [4.78, 5) is 16.8. The second kappa shape index (κ2) is 7.48. The maximum atomic E-state index is 12.7. The van der Waals surface area contributed by atoms with Crippen LogP contribution in [0.4, 0.5) is 0 Å². The highest BCUT2D eigenvalue weighted by Gasteiger charge is 2.19. The van der Waals surface area contributed by atoms with E-state index in [4.69, 9.17) is 0 Å². The Hall–Kier alpha value is -2.51. The van der Waals surface area contributed by atoms with Crippen molar-refractivity contribution in [2.45, 2.75) is 37.5 Å². The lowest BCUT2D eigenvalue weighted by Gasteiger charge is -2.09. The molecular weight excluding hydrogens is 392 g/mol. The molecule has 28 heavy (non-hydrogen) atoms. The van der Waals surface area contributed by atoms with Gasteiger partial charge < -0.3 is 0 Å². The van der Waals surface area contributed by atoms with E-state index in [0.29, 0.717) is 5.56 Å². The van der Waals surface area contributed by atoms with Gasteiger partial charge in [-0.05, 0) is 55.0 Å². The zero-order chi connectivity index (χ0) is 19.7. The summed E-state index contributed by atoms with van der Waals surface area (Å²) in [6.45, 7) is 1.89. The molecule has 7 heteroatoms. The number of thiazole rings is 1. The highest BCUT2D eigenvalue weighted by Crippen LogP contribution is 2.26. The lowest BCUT2D eigenvalue weighted by Crippen LogP contribution is -2.31. The van der Waals surface area contributed by atoms with Crippen LogP contribution >= 0.6 is 11.3 Å². The van der Waals surface area contributed by atoms with E-state index in [0.717, 1.165) is 35.5 Å². The fraction of sp³-hybridized carbons (Fsp3) is 0.238. The van der Waals surface area contributed by atoms with Crippen LogP contribution in [-0.2, 0) is 34.1 Å². The van der Waals surface area contributed by atoms with E-state index in [9.17, 15) is 13.2 Å². The number of sulfonamides is 1. The second-order valence-electron chi connectivity index (χ2n) is 6.98. The van der Waals surface area contributed by atoms with Crippen LogP contribution in [-0.4, -0.2) is 19.3 Å². The van der Waals surface area contributed by atoms with Gasteiger partial charge in [0.25, 0.3) is 10.0 Å². The Morgan fingerprint density at radius 2 is 1.96 bits per heavy atom. The minimum absolute atomic E-state index is 0.0396. The molecule has 5 nitrogen and oxygen atoms in total. The van der Waals surface area contributed by atoms with Crippen molar-refractivity contribution in [1.82, 2.24) is 9.71 Å². The van der Waals surface area contributed by atoms with Crippen molar-refractivity contribution in [3.05, 3.63) is 70.2 Å². The number of nitrogens with zero attached hydrogens (tertiary/aromatic N) is 1. The van der Waals surface area contributed by atoms with Crippen molar-refractivity contribution in [2.75, 3.05) is 0 Å². The number of amides is 1. The van der Waals surface area contributed by atoms with E-state index in [2.05, 4.69) is 9.71 Å². The lowest BCUT2D eigenvalue weighted by molar-refractivity contribution is -0.118. The molecule has 1 aromatic heterocycles. The first-order valence-corrected chi connectivity index (χ1v) is 11.5. The number of hydrogen-bond acceptors (Lipinski definition) is 5. The second-order valence-corrected chi connectivity index (χ2v) is 9.52. The van der Waals surface area contributed by atoms with Crippen molar-refractivity contribution >= 4 is 27.3 Å². The van der Waals surface area contributed by atoms with Crippen molar-refractivity contribution in [3.63, 3.8) is 0 Å². The van der Waals surface area contributed by atoms with E-state index in [1.54, 1.807) is 12.1 Å². The van der Waals surface area contributed by atoms with Crippen LogP contribution in [0.2, 0.25) is 0 Å². The molecule has 0 radical (unpaired) electrons. The van der Waals surface area contributed by atoms with Crippen LogP contribution in [0.3, 0.4) is 0 Å². The molecule has 1 N–H and O–H groups in total. The molecule has 0 bridgehead atoms. The van der Waals surface area contributed by atoms with E-state index in [-0.39, 0.29) is 11.3 Å². The Labute approximate surface area is 168 Å². The minimum atomic E-state index is -3.94. The summed E-state index contributed by atoms with van der Waals surface area (Å²) in [7, 11) is -3.94. The quantitative estimate of drug-likeness (QED) is 0.694. The van der Waals surface area contributed by atoms with Gasteiger partial charge >= 0.3 is 0 Å². The topological polar surface area (TPSA) is 76.1 Å². The number of fused-ring (bicyclic) bond motifs is 1. The molecule has 3 aromatic rings. The normalized spacial score (nSPS) is 13.3. The van der Waals surface area contributed by atoms with Crippen molar-refractivity contribution in [1.29, 1.82) is 0 Å². The van der Waals surface area contributed by atoms with Gasteiger partial charge in [-0.1, -0.05) is 30.3 Å².